The average Bonchev–Trinajstić information content (AvgIpc) is 3.42. The Morgan fingerprint density at radius 1 is 1.16 bits per heavy atom. The molecule has 0 spiro atoms. The Kier molecular flexibility index (Phi) is 5.09. The molecule has 0 atom stereocenters. The Balaban J connectivity index is 1.46. The number of rotatable bonds is 5. The molecule has 0 aliphatic carbocycles. The molecule has 0 N–H and O–H groups in total. The highest BCUT2D eigenvalue weighted by Gasteiger charge is 2.19. The maximum Gasteiger partial charge on any atom is 0.253 e. The number of nitrogens with zero attached hydrogens (tertiary/aromatic N) is 3. The quantitative estimate of drug-likeness (QED) is 0.419. The Morgan fingerprint density at radius 3 is 2.94 bits per heavy atom. The Labute approximate surface area is 183 Å². The van der Waals surface area contributed by atoms with Gasteiger partial charge in [-0.2, -0.15) is 0 Å². The fraction of sp³-hybridized carbons (Fsp3) is 0.125. The summed E-state index contributed by atoms with van der Waals surface area (Å²) >= 11 is 1.51. The number of thiazole rings is 1. The number of carbonyl (C=O) groups is 1. The van der Waals surface area contributed by atoms with Crippen molar-refractivity contribution < 1.29 is 14.3 Å². The molecule has 0 radical (unpaired) electrons. The number of amides is 1. The van der Waals surface area contributed by atoms with E-state index < -0.39 is 0 Å². The van der Waals surface area contributed by atoms with E-state index in [-0.39, 0.29) is 12.7 Å². The maximum absolute atomic E-state index is 13.2. The predicted octanol–water partition coefficient (Wildman–Crippen LogP) is 4.98. The maximum atomic E-state index is 13.2. The molecule has 0 unspecified atom stereocenters. The lowest BCUT2D eigenvalue weighted by Crippen LogP contribution is -2.28. The van der Waals surface area contributed by atoms with Crippen LogP contribution in [-0.4, -0.2) is 22.7 Å². The van der Waals surface area contributed by atoms with E-state index >= 15 is 0 Å². The van der Waals surface area contributed by atoms with Crippen molar-refractivity contribution in [3.8, 4) is 11.5 Å². The van der Waals surface area contributed by atoms with Crippen LogP contribution in [0.1, 0.15) is 16.7 Å². The van der Waals surface area contributed by atoms with Gasteiger partial charge in [-0.3, -0.25) is 14.7 Å². The monoisotopic (exact) mass is 429 g/mol. The van der Waals surface area contributed by atoms with E-state index in [0.29, 0.717) is 23.2 Å². The summed E-state index contributed by atoms with van der Waals surface area (Å²) in [6.45, 7) is 2.65. The number of ether oxygens (including phenoxy) is 2. The third kappa shape index (κ3) is 4.13. The van der Waals surface area contributed by atoms with Gasteiger partial charge < -0.3 is 9.47 Å². The molecule has 3 heterocycles. The van der Waals surface area contributed by atoms with E-state index in [1.165, 1.54) is 11.3 Å². The van der Waals surface area contributed by atoms with Gasteiger partial charge in [0.2, 0.25) is 6.79 Å². The van der Waals surface area contributed by atoms with Crippen LogP contribution in [-0.2, 0) is 11.3 Å². The first-order valence-electron chi connectivity index (χ1n) is 9.81. The highest BCUT2D eigenvalue weighted by atomic mass is 32.1. The van der Waals surface area contributed by atoms with E-state index in [9.17, 15) is 4.79 Å². The van der Waals surface area contributed by atoms with Crippen LogP contribution < -0.4 is 14.4 Å². The average molecular weight is 430 g/mol. The smallest absolute Gasteiger partial charge is 0.253 e. The van der Waals surface area contributed by atoms with Gasteiger partial charge in [0.1, 0.15) is 0 Å². The lowest BCUT2D eigenvalue weighted by Gasteiger charge is -2.18. The van der Waals surface area contributed by atoms with Gasteiger partial charge in [-0.25, -0.2) is 4.98 Å². The third-order valence-corrected chi connectivity index (χ3v) is 5.95. The van der Waals surface area contributed by atoms with Gasteiger partial charge in [-0.15, -0.1) is 0 Å². The summed E-state index contributed by atoms with van der Waals surface area (Å²) < 4.78 is 11.8. The summed E-state index contributed by atoms with van der Waals surface area (Å²) in [5, 5.41) is 0.657. The number of benzene rings is 2. The summed E-state index contributed by atoms with van der Waals surface area (Å²) in [4.78, 5) is 23.8. The number of pyridine rings is 1. The number of fused-ring (bicyclic) bond motifs is 2. The fourth-order valence-corrected chi connectivity index (χ4v) is 4.39. The number of aromatic nitrogens is 2. The zero-order chi connectivity index (χ0) is 21.2. The van der Waals surface area contributed by atoms with Crippen LogP contribution in [0.2, 0.25) is 0 Å². The minimum absolute atomic E-state index is 0.155. The van der Waals surface area contributed by atoms with Crippen molar-refractivity contribution >= 4 is 38.7 Å². The molecular formula is C24H19N3O3S. The van der Waals surface area contributed by atoms with Crippen molar-refractivity contribution in [2.75, 3.05) is 11.7 Å². The highest BCUT2D eigenvalue weighted by molar-refractivity contribution is 7.22. The zero-order valence-corrected chi connectivity index (χ0v) is 17.6. The first-order valence-corrected chi connectivity index (χ1v) is 10.6. The molecule has 0 bridgehead atoms. The molecule has 1 amide bonds. The van der Waals surface area contributed by atoms with Gasteiger partial charge in [0.05, 0.1) is 16.8 Å². The van der Waals surface area contributed by atoms with Gasteiger partial charge in [-0.1, -0.05) is 29.5 Å². The van der Waals surface area contributed by atoms with Crippen molar-refractivity contribution in [1.82, 2.24) is 9.97 Å². The molecule has 4 aromatic rings. The van der Waals surface area contributed by atoms with E-state index in [1.54, 1.807) is 29.4 Å². The van der Waals surface area contributed by atoms with E-state index in [4.69, 9.17) is 14.5 Å². The Hall–Kier alpha value is -3.71. The standard InChI is InChI=1S/C24H19N3O3S/c1-16-4-7-19-22(11-16)31-24(26-19)27(14-18-3-2-10-25-13-18)23(28)9-6-17-5-8-20-21(12-17)30-15-29-20/h2-13H,14-15H2,1H3/b9-6+. The third-order valence-electron chi connectivity index (χ3n) is 4.91. The van der Waals surface area contributed by atoms with Gasteiger partial charge >= 0.3 is 0 Å². The summed E-state index contributed by atoms with van der Waals surface area (Å²) in [5.41, 5.74) is 3.84. The van der Waals surface area contributed by atoms with E-state index in [0.717, 1.165) is 26.9 Å². The summed E-state index contributed by atoms with van der Waals surface area (Å²) in [5.74, 6) is 1.24. The molecule has 31 heavy (non-hydrogen) atoms. The van der Waals surface area contributed by atoms with Gasteiger partial charge in [0.25, 0.3) is 5.91 Å². The molecule has 2 aromatic carbocycles. The molecule has 2 aromatic heterocycles. The Morgan fingerprint density at radius 2 is 2.06 bits per heavy atom. The van der Waals surface area contributed by atoms with Crippen LogP contribution in [0.3, 0.4) is 0 Å². The molecule has 1 aliphatic heterocycles. The summed E-state index contributed by atoms with van der Waals surface area (Å²) in [7, 11) is 0. The minimum atomic E-state index is -0.155. The normalized spacial score (nSPS) is 12.5. The SMILES string of the molecule is Cc1ccc2nc(N(Cc3cccnc3)C(=O)/C=C/c3ccc4c(c3)OCO4)sc2c1. The van der Waals surface area contributed by atoms with Crippen LogP contribution in [0.15, 0.2) is 67.0 Å². The van der Waals surface area contributed by atoms with Gasteiger partial charge in [0, 0.05) is 18.5 Å². The first kappa shape index (κ1) is 19.3. The molecule has 1 aliphatic rings. The summed E-state index contributed by atoms with van der Waals surface area (Å²) in [6.07, 6.45) is 6.82. The molecule has 0 fully saturated rings. The van der Waals surface area contributed by atoms with E-state index in [2.05, 4.69) is 11.1 Å². The zero-order valence-electron chi connectivity index (χ0n) is 16.8. The van der Waals surface area contributed by atoms with Gasteiger partial charge in [0.15, 0.2) is 16.6 Å². The fourth-order valence-electron chi connectivity index (χ4n) is 3.32. The van der Waals surface area contributed by atoms with Gasteiger partial charge in [-0.05, 0) is 60.0 Å². The molecule has 0 saturated heterocycles. The van der Waals surface area contributed by atoms with Crippen molar-refractivity contribution in [2.45, 2.75) is 13.5 Å². The number of hydrogen-bond donors (Lipinski definition) is 0. The summed E-state index contributed by atoms with van der Waals surface area (Å²) in [6, 6.07) is 15.5. The lowest BCUT2D eigenvalue weighted by molar-refractivity contribution is -0.114. The predicted molar refractivity (Wildman–Crippen MR) is 121 cm³/mol. The van der Waals surface area contributed by atoms with E-state index in [1.807, 2.05) is 49.4 Å². The van der Waals surface area contributed by atoms with Crippen LogP contribution >= 0.6 is 11.3 Å². The number of carbonyl (C=O) groups excluding carboxylic acids is 1. The number of hydrogen-bond acceptors (Lipinski definition) is 6. The molecule has 6 nitrogen and oxygen atoms in total. The number of anilines is 1. The lowest BCUT2D eigenvalue weighted by atomic mass is 10.2. The molecule has 5 rings (SSSR count). The molecule has 0 saturated carbocycles. The minimum Gasteiger partial charge on any atom is -0.454 e. The van der Waals surface area contributed by atoms with Crippen molar-refractivity contribution in [2.24, 2.45) is 0 Å². The second-order valence-corrected chi connectivity index (χ2v) is 8.21. The largest absolute Gasteiger partial charge is 0.454 e. The van der Waals surface area contributed by atoms with Crippen LogP contribution in [0.25, 0.3) is 16.3 Å². The number of aryl methyl sites for hydroxylation is 1. The Bertz CT molecular complexity index is 1280. The van der Waals surface area contributed by atoms with Crippen molar-refractivity contribution in [3.63, 3.8) is 0 Å². The van der Waals surface area contributed by atoms with Crippen LogP contribution in [0.4, 0.5) is 5.13 Å². The topological polar surface area (TPSA) is 64.6 Å². The second kappa shape index (κ2) is 8.20. The molecule has 7 heteroatoms. The first-order chi connectivity index (χ1) is 15.2. The van der Waals surface area contributed by atoms with Crippen LogP contribution in [0, 0.1) is 6.92 Å². The molecular weight excluding hydrogens is 410 g/mol. The van der Waals surface area contributed by atoms with Crippen molar-refractivity contribution in [1.29, 1.82) is 0 Å². The molecule has 154 valence electrons. The highest BCUT2D eigenvalue weighted by Crippen LogP contribution is 2.33. The van der Waals surface area contributed by atoms with Crippen molar-refractivity contribution in [3.05, 3.63) is 83.7 Å². The second-order valence-electron chi connectivity index (χ2n) is 7.20. The van der Waals surface area contributed by atoms with Crippen LogP contribution in [0.5, 0.6) is 11.5 Å².